The van der Waals surface area contributed by atoms with Crippen molar-refractivity contribution in [2.24, 2.45) is 5.41 Å². The van der Waals surface area contributed by atoms with Gasteiger partial charge < -0.3 is 29.3 Å². The minimum Gasteiger partial charge on any atom is -0.488 e. The van der Waals surface area contributed by atoms with Gasteiger partial charge in [-0.2, -0.15) is 0 Å². The summed E-state index contributed by atoms with van der Waals surface area (Å²) in [6.45, 7) is 5.56. The Morgan fingerprint density at radius 1 is 1.10 bits per heavy atom. The SMILES string of the molecule is CCOc1ncccc1-c1ccc(OC2CC3(C2)CN(C(=O)OC2CCCC2)C3)c(C(=O)N[C@@H]2CCN(C)C2)n1. The molecule has 1 N–H and O–H groups in total. The van der Waals surface area contributed by atoms with Crippen LogP contribution in [-0.4, -0.2) is 89.9 Å². The number of ether oxygens (including phenoxy) is 3. The van der Waals surface area contributed by atoms with Crippen molar-refractivity contribution in [3.63, 3.8) is 0 Å². The Morgan fingerprint density at radius 3 is 2.62 bits per heavy atom. The van der Waals surface area contributed by atoms with Crippen molar-refractivity contribution in [3.8, 4) is 22.9 Å². The van der Waals surface area contributed by atoms with E-state index in [9.17, 15) is 9.59 Å². The van der Waals surface area contributed by atoms with Crippen LogP contribution in [0.5, 0.6) is 11.6 Å². The molecule has 2 aromatic rings. The normalized spacial score (nSPS) is 22.6. The molecule has 0 radical (unpaired) electrons. The first-order chi connectivity index (χ1) is 19.4. The van der Waals surface area contributed by atoms with Crippen molar-refractivity contribution in [3.05, 3.63) is 36.2 Å². The third kappa shape index (κ3) is 5.59. The summed E-state index contributed by atoms with van der Waals surface area (Å²) in [6.07, 6.45) is 8.39. The smallest absolute Gasteiger partial charge is 0.410 e. The highest BCUT2D eigenvalue weighted by Gasteiger charge is 2.55. The Labute approximate surface area is 235 Å². The zero-order valence-corrected chi connectivity index (χ0v) is 23.4. The van der Waals surface area contributed by atoms with Crippen LogP contribution in [0.25, 0.3) is 11.3 Å². The van der Waals surface area contributed by atoms with Gasteiger partial charge in [0.25, 0.3) is 5.91 Å². The quantitative estimate of drug-likeness (QED) is 0.529. The number of nitrogens with one attached hydrogen (secondary N) is 1. The van der Waals surface area contributed by atoms with Gasteiger partial charge in [0.15, 0.2) is 11.4 Å². The van der Waals surface area contributed by atoms with E-state index in [0.29, 0.717) is 37.0 Å². The van der Waals surface area contributed by atoms with Gasteiger partial charge >= 0.3 is 6.09 Å². The van der Waals surface area contributed by atoms with Crippen LogP contribution in [0, 0.1) is 5.41 Å². The Hall–Kier alpha value is -3.40. The van der Waals surface area contributed by atoms with Crippen molar-refractivity contribution in [1.82, 2.24) is 25.1 Å². The van der Waals surface area contributed by atoms with E-state index in [1.165, 1.54) is 0 Å². The Kier molecular flexibility index (Phi) is 7.53. The van der Waals surface area contributed by atoms with Gasteiger partial charge in [0.2, 0.25) is 5.88 Å². The van der Waals surface area contributed by atoms with Crippen LogP contribution in [0.3, 0.4) is 0 Å². The topological polar surface area (TPSA) is 106 Å². The van der Waals surface area contributed by atoms with Crippen LogP contribution in [0.1, 0.15) is 62.4 Å². The fourth-order valence-electron chi connectivity index (χ4n) is 6.54. The van der Waals surface area contributed by atoms with Crippen molar-refractivity contribution < 1.29 is 23.8 Å². The molecule has 2 amide bonds. The summed E-state index contributed by atoms with van der Waals surface area (Å²) < 4.78 is 17.7. The van der Waals surface area contributed by atoms with Gasteiger partial charge in [0.05, 0.1) is 17.9 Å². The van der Waals surface area contributed by atoms with Crippen LogP contribution in [0.15, 0.2) is 30.5 Å². The largest absolute Gasteiger partial charge is 0.488 e. The average Bonchev–Trinajstić information content (AvgIpc) is 3.56. The first-order valence-electron chi connectivity index (χ1n) is 14.6. The van der Waals surface area contributed by atoms with Gasteiger partial charge in [-0.3, -0.25) is 4.79 Å². The van der Waals surface area contributed by atoms with Crippen molar-refractivity contribution >= 4 is 12.0 Å². The molecule has 1 spiro atoms. The molecule has 0 aromatic carbocycles. The molecule has 2 aromatic heterocycles. The third-order valence-corrected chi connectivity index (χ3v) is 8.62. The molecule has 214 valence electrons. The second-order valence-electron chi connectivity index (χ2n) is 11.8. The molecule has 1 atom stereocenters. The second kappa shape index (κ2) is 11.2. The number of rotatable bonds is 8. The zero-order chi connectivity index (χ0) is 27.7. The van der Waals surface area contributed by atoms with Crippen molar-refractivity contribution in [2.75, 3.05) is 39.8 Å². The molecular formula is C30H39N5O5. The highest BCUT2D eigenvalue weighted by molar-refractivity contribution is 5.96. The number of carbonyl (C=O) groups excluding carboxylic acids is 2. The van der Waals surface area contributed by atoms with Crippen LogP contribution < -0.4 is 14.8 Å². The predicted molar refractivity (Wildman–Crippen MR) is 148 cm³/mol. The lowest BCUT2D eigenvalue weighted by atomic mass is 9.62. The van der Waals surface area contributed by atoms with Gasteiger partial charge in [-0.1, -0.05) is 0 Å². The van der Waals surface area contributed by atoms with E-state index in [1.54, 1.807) is 6.20 Å². The maximum absolute atomic E-state index is 13.5. The predicted octanol–water partition coefficient (Wildman–Crippen LogP) is 3.90. The number of likely N-dealkylation sites (tertiary alicyclic amines) is 2. The molecule has 2 aliphatic heterocycles. The van der Waals surface area contributed by atoms with Crippen LogP contribution >= 0.6 is 0 Å². The fraction of sp³-hybridized carbons (Fsp3) is 0.600. The van der Waals surface area contributed by atoms with E-state index in [4.69, 9.17) is 19.2 Å². The van der Waals surface area contributed by atoms with E-state index in [1.807, 2.05) is 36.1 Å². The summed E-state index contributed by atoms with van der Waals surface area (Å²) in [6, 6.07) is 7.48. The van der Waals surface area contributed by atoms with Gasteiger partial charge in [-0.25, -0.2) is 14.8 Å². The first-order valence-corrected chi connectivity index (χ1v) is 14.6. The zero-order valence-electron chi connectivity index (χ0n) is 23.4. The lowest BCUT2D eigenvalue weighted by Gasteiger charge is -2.57. The summed E-state index contributed by atoms with van der Waals surface area (Å²) in [7, 11) is 2.06. The molecule has 10 nitrogen and oxygen atoms in total. The van der Waals surface area contributed by atoms with Crippen molar-refractivity contribution in [2.45, 2.75) is 70.1 Å². The highest BCUT2D eigenvalue weighted by Crippen LogP contribution is 2.50. The van der Waals surface area contributed by atoms with Gasteiger partial charge in [0.1, 0.15) is 12.2 Å². The molecule has 10 heteroatoms. The third-order valence-electron chi connectivity index (χ3n) is 8.62. The Balaban J connectivity index is 1.13. The molecule has 0 unspecified atom stereocenters. The lowest BCUT2D eigenvalue weighted by molar-refractivity contribution is -0.112. The summed E-state index contributed by atoms with van der Waals surface area (Å²) in [5.74, 6) is 0.723. The number of hydrogen-bond acceptors (Lipinski definition) is 8. The van der Waals surface area contributed by atoms with Gasteiger partial charge in [-0.15, -0.1) is 0 Å². The molecule has 2 saturated carbocycles. The summed E-state index contributed by atoms with van der Waals surface area (Å²) >= 11 is 0. The standard InChI is InChI=1S/C30H39N5O5/c1-3-38-28-23(9-6-13-31-28)24-10-11-25(26(33-24)27(36)32-20-12-14-34(2)17-20)39-22-15-30(16-22)18-35(19-30)29(37)40-21-7-4-5-8-21/h6,9-11,13,20-22H,3-5,7-8,12,14-19H2,1-2H3,(H,32,36)/t20-/m1/s1. The number of amides is 2. The average molecular weight is 550 g/mol. The summed E-state index contributed by atoms with van der Waals surface area (Å²) in [5, 5.41) is 3.15. The molecule has 0 bridgehead atoms. The second-order valence-corrected chi connectivity index (χ2v) is 11.8. The lowest BCUT2D eigenvalue weighted by Crippen LogP contribution is -2.66. The van der Waals surface area contributed by atoms with E-state index < -0.39 is 0 Å². The van der Waals surface area contributed by atoms with Crippen LogP contribution in [-0.2, 0) is 4.74 Å². The number of pyridine rings is 2. The fourth-order valence-corrected chi connectivity index (χ4v) is 6.54. The maximum Gasteiger partial charge on any atom is 0.410 e. The Morgan fingerprint density at radius 2 is 1.90 bits per heavy atom. The van der Waals surface area contributed by atoms with E-state index in [-0.39, 0.29) is 41.4 Å². The molecule has 2 saturated heterocycles. The molecule has 4 heterocycles. The molecule has 6 rings (SSSR count). The molecule has 40 heavy (non-hydrogen) atoms. The molecule has 4 fully saturated rings. The van der Waals surface area contributed by atoms with E-state index >= 15 is 0 Å². The van der Waals surface area contributed by atoms with Gasteiger partial charge in [0, 0.05) is 37.3 Å². The number of aromatic nitrogens is 2. The van der Waals surface area contributed by atoms with Gasteiger partial charge in [-0.05, 0) is 89.7 Å². The molecule has 4 aliphatic rings. The molecular weight excluding hydrogens is 510 g/mol. The van der Waals surface area contributed by atoms with E-state index in [2.05, 4.69) is 22.2 Å². The van der Waals surface area contributed by atoms with Crippen molar-refractivity contribution in [1.29, 1.82) is 0 Å². The highest BCUT2D eigenvalue weighted by atomic mass is 16.6. The minimum absolute atomic E-state index is 0.0257. The van der Waals surface area contributed by atoms with E-state index in [0.717, 1.165) is 63.6 Å². The number of likely N-dealkylation sites (N-methyl/N-ethyl adjacent to an activating group) is 1. The summed E-state index contributed by atoms with van der Waals surface area (Å²) in [5.41, 5.74) is 1.70. The first kappa shape index (κ1) is 26.8. The summed E-state index contributed by atoms with van der Waals surface area (Å²) in [4.78, 5) is 39.1. The number of nitrogens with zero attached hydrogens (tertiary/aromatic N) is 4. The number of hydrogen-bond donors (Lipinski definition) is 1. The van der Waals surface area contributed by atoms with Crippen LogP contribution in [0.4, 0.5) is 4.79 Å². The Bertz CT molecular complexity index is 1230. The van der Waals surface area contributed by atoms with Crippen LogP contribution in [0.2, 0.25) is 0 Å². The maximum atomic E-state index is 13.5. The number of carbonyl (C=O) groups is 2. The molecule has 2 aliphatic carbocycles. The minimum atomic E-state index is -0.238. The monoisotopic (exact) mass is 549 g/mol.